The number of nitrogens with one attached hydrogen (secondary N) is 1. The number of hydrogen-bond donors (Lipinski definition) is 1. The van der Waals surface area contributed by atoms with Gasteiger partial charge in [0.05, 0.1) is 19.3 Å². The number of methoxy groups -OCH3 is 1. The lowest BCUT2D eigenvalue weighted by molar-refractivity contribution is -0.121. The van der Waals surface area contributed by atoms with Crippen LogP contribution < -0.4 is 5.32 Å². The van der Waals surface area contributed by atoms with Crippen molar-refractivity contribution in [3.8, 4) is 0 Å². The number of carbonyl (C=O) groups excluding carboxylic acids is 2. The van der Waals surface area contributed by atoms with Gasteiger partial charge in [0, 0.05) is 24.9 Å². The zero-order valence-electron chi connectivity index (χ0n) is 17.4. The van der Waals surface area contributed by atoms with Crippen LogP contribution in [0.15, 0.2) is 18.2 Å². The van der Waals surface area contributed by atoms with Gasteiger partial charge in [0.25, 0.3) is 0 Å². The van der Waals surface area contributed by atoms with Gasteiger partial charge in [-0.2, -0.15) is 0 Å². The maximum atomic E-state index is 13.1. The van der Waals surface area contributed by atoms with Crippen molar-refractivity contribution in [3.63, 3.8) is 0 Å². The fourth-order valence-corrected chi connectivity index (χ4v) is 3.96. The molecule has 0 spiro atoms. The van der Waals surface area contributed by atoms with Gasteiger partial charge in [0.2, 0.25) is 5.91 Å². The molecule has 3 rings (SSSR count). The van der Waals surface area contributed by atoms with Crippen molar-refractivity contribution < 1.29 is 19.1 Å². The number of likely N-dealkylation sites (N-methyl/N-ethyl adjacent to an activating group) is 1. The van der Waals surface area contributed by atoms with Crippen molar-refractivity contribution in [1.29, 1.82) is 0 Å². The Bertz CT molecular complexity index is 727. The second kappa shape index (κ2) is 8.72. The molecular weight excluding hydrogens is 356 g/mol. The van der Waals surface area contributed by atoms with Crippen LogP contribution in [0.1, 0.15) is 49.0 Å². The number of ether oxygens (including phenoxy) is 2. The van der Waals surface area contributed by atoms with Gasteiger partial charge < -0.3 is 14.8 Å². The zero-order chi connectivity index (χ0) is 20.3. The van der Waals surface area contributed by atoms with Crippen LogP contribution in [0, 0.1) is 5.92 Å². The molecule has 1 aromatic rings. The summed E-state index contributed by atoms with van der Waals surface area (Å²) in [6.45, 7) is 6.17. The third-order valence-electron chi connectivity index (χ3n) is 5.74. The van der Waals surface area contributed by atoms with E-state index < -0.39 is 0 Å². The van der Waals surface area contributed by atoms with Crippen LogP contribution >= 0.6 is 0 Å². The lowest BCUT2D eigenvalue weighted by atomic mass is 9.69. The van der Waals surface area contributed by atoms with Crippen LogP contribution in [-0.4, -0.2) is 63.2 Å². The second-order valence-corrected chi connectivity index (χ2v) is 8.70. The molecule has 154 valence electrons. The summed E-state index contributed by atoms with van der Waals surface area (Å²) in [5.41, 5.74) is 2.34. The summed E-state index contributed by atoms with van der Waals surface area (Å²) in [5, 5.41) is 2.86. The lowest BCUT2D eigenvalue weighted by Crippen LogP contribution is -2.47. The van der Waals surface area contributed by atoms with Crippen LogP contribution in [0.25, 0.3) is 0 Å². The first-order valence-electron chi connectivity index (χ1n) is 10.1. The summed E-state index contributed by atoms with van der Waals surface area (Å²) in [6, 6.07) is 5.54. The minimum absolute atomic E-state index is 0.0171. The molecule has 1 N–H and O–H groups in total. The van der Waals surface area contributed by atoms with Crippen molar-refractivity contribution in [1.82, 2.24) is 4.90 Å². The predicted octanol–water partition coefficient (Wildman–Crippen LogP) is 2.86. The molecule has 1 fully saturated rings. The third kappa shape index (κ3) is 4.99. The van der Waals surface area contributed by atoms with Gasteiger partial charge in [0.1, 0.15) is 6.61 Å². The van der Waals surface area contributed by atoms with Crippen molar-refractivity contribution in [2.24, 2.45) is 5.92 Å². The van der Waals surface area contributed by atoms with Gasteiger partial charge >= 0.3 is 0 Å². The largest absolute Gasteiger partial charge is 0.382 e. The fraction of sp³-hybridized carbons (Fsp3) is 0.636. The first kappa shape index (κ1) is 21.0. The highest BCUT2D eigenvalue weighted by molar-refractivity contribution is 6.04. The summed E-state index contributed by atoms with van der Waals surface area (Å²) in [4.78, 5) is 27.4. The molecule has 0 heterocycles. The Morgan fingerprint density at radius 3 is 2.71 bits per heavy atom. The van der Waals surface area contributed by atoms with Crippen LogP contribution in [0.5, 0.6) is 0 Å². The Hall–Kier alpha value is -1.76. The fourth-order valence-electron chi connectivity index (χ4n) is 3.96. The Morgan fingerprint density at radius 1 is 1.29 bits per heavy atom. The average Bonchev–Trinajstić information content (AvgIpc) is 3.46. The van der Waals surface area contributed by atoms with Gasteiger partial charge in [-0.15, -0.1) is 0 Å². The normalized spacial score (nSPS) is 20.9. The molecule has 1 unspecified atom stereocenters. The average molecular weight is 389 g/mol. The number of fused-ring (bicyclic) bond motifs is 1. The number of ketones is 1. The monoisotopic (exact) mass is 388 g/mol. The van der Waals surface area contributed by atoms with E-state index in [1.807, 2.05) is 18.2 Å². The second-order valence-electron chi connectivity index (χ2n) is 8.70. The number of nitrogens with zero attached hydrogens (tertiary/aromatic N) is 1. The number of rotatable bonds is 9. The highest BCUT2D eigenvalue weighted by atomic mass is 16.5. The number of anilines is 1. The van der Waals surface area contributed by atoms with Crippen molar-refractivity contribution in [2.75, 3.05) is 45.8 Å². The topological polar surface area (TPSA) is 67.9 Å². The van der Waals surface area contributed by atoms with E-state index in [0.29, 0.717) is 18.9 Å². The molecule has 2 aliphatic rings. The predicted molar refractivity (Wildman–Crippen MR) is 109 cm³/mol. The molecule has 1 atom stereocenters. The minimum Gasteiger partial charge on any atom is -0.382 e. The van der Waals surface area contributed by atoms with Crippen LogP contribution in [-0.2, 0) is 19.7 Å². The smallest absolute Gasteiger partial charge is 0.250 e. The summed E-state index contributed by atoms with van der Waals surface area (Å²) in [6.07, 6.45) is 3.35. The molecular formula is C22H32N2O4. The van der Waals surface area contributed by atoms with Gasteiger partial charge in [-0.25, -0.2) is 0 Å². The number of Topliss-reactive ketones (excluding diaryl/α,β-unsaturated/α-hetero) is 1. The molecule has 1 aromatic carbocycles. The number of carbonyl (C=O) groups is 2. The summed E-state index contributed by atoms with van der Waals surface area (Å²) in [5.74, 6) is 0.738. The standard InChI is InChI=1S/C22H32N2O4/c1-22(2)12-19(24(3)13-15-5-6-15)21(26)17-8-7-16(11-18(17)22)23-20(25)14-28-10-9-27-4/h7-8,11,15,19H,5-6,9-10,12-14H2,1-4H3,(H,23,25). The maximum absolute atomic E-state index is 13.1. The quantitative estimate of drug-likeness (QED) is 0.659. The first-order valence-corrected chi connectivity index (χ1v) is 10.1. The van der Waals surface area contributed by atoms with Gasteiger partial charge in [-0.05, 0) is 61.4 Å². The van der Waals surface area contributed by atoms with E-state index in [9.17, 15) is 9.59 Å². The molecule has 0 radical (unpaired) electrons. The third-order valence-corrected chi connectivity index (χ3v) is 5.74. The first-order chi connectivity index (χ1) is 13.3. The van der Waals surface area contributed by atoms with E-state index in [-0.39, 0.29) is 29.8 Å². The van der Waals surface area contributed by atoms with Crippen molar-refractivity contribution in [3.05, 3.63) is 29.3 Å². The molecule has 6 nitrogen and oxygen atoms in total. The van der Waals surface area contributed by atoms with Crippen LogP contribution in [0.4, 0.5) is 5.69 Å². The summed E-state index contributed by atoms with van der Waals surface area (Å²) in [7, 11) is 3.66. The molecule has 1 amide bonds. The van der Waals surface area contributed by atoms with Crippen molar-refractivity contribution >= 4 is 17.4 Å². The molecule has 2 aliphatic carbocycles. The molecule has 0 bridgehead atoms. The maximum Gasteiger partial charge on any atom is 0.250 e. The van der Waals surface area contributed by atoms with E-state index in [4.69, 9.17) is 9.47 Å². The Balaban J connectivity index is 1.70. The highest BCUT2D eigenvalue weighted by Crippen LogP contribution is 2.40. The Morgan fingerprint density at radius 2 is 2.04 bits per heavy atom. The van der Waals surface area contributed by atoms with Gasteiger partial charge in [-0.1, -0.05) is 13.8 Å². The molecule has 0 saturated heterocycles. The molecule has 1 saturated carbocycles. The number of benzene rings is 1. The van der Waals surface area contributed by atoms with Crippen LogP contribution in [0.3, 0.4) is 0 Å². The van der Waals surface area contributed by atoms with Gasteiger partial charge in [0.15, 0.2) is 5.78 Å². The molecule has 0 aliphatic heterocycles. The van der Waals surface area contributed by atoms with Crippen LogP contribution in [0.2, 0.25) is 0 Å². The Kier molecular flexibility index (Phi) is 6.53. The SMILES string of the molecule is COCCOCC(=O)Nc1ccc2c(c1)C(C)(C)CC(N(C)CC1CC1)C2=O. The molecule has 6 heteroatoms. The summed E-state index contributed by atoms with van der Waals surface area (Å²) < 4.78 is 10.2. The van der Waals surface area contributed by atoms with Gasteiger partial charge in [-0.3, -0.25) is 14.5 Å². The highest BCUT2D eigenvalue weighted by Gasteiger charge is 2.41. The lowest BCUT2D eigenvalue weighted by Gasteiger charge is -2.40. The zero-order valence-corrected chi connectivity index (χ0v) is 17.4. The minimum atomic E-state index is -0.210. The number of amides is 1. The van der Waals surface area contributed by atoms with E-state index in [2.05, 4.69) is 31.1 Å². The molecule has 28 heavy (non-hydrogen) atoms. The Labute approximate surface area is 167 Å². The van der Waals surface area contributed by atoms with E-state index in [1.165, 1.54) is 12.8 Å². The van der Waals surface area contributed by atoms with E-state index in [0.717, 1.165) is 30.0 Å². The molecule has 0 aromatic heterocycles. The van der Waals surface area contributed by atoms with E-state index in [1.54, 1.807) is 7.11 Å². The summed E-state index contributed by atoms with van der Waals surface area (Å²) >= 11 is 0. The van der Waals surface area contributed by atoms with Crippen molar-refractivity contribution in [2.45, 2.75) is 44.6 Å². The number of hydrogen-bond acceptors (Lipinski definition) is 5. The van der Waals surface area contributed by atoms with E-state index >= 15 is 0 Å².